The summed E-state index contributed by atoms with van der Waals surface area (Å²) in [6.45, 7) is 4.21. The Kier molecular flexibility index (Phi) is 6.99. The number of nitrogens with one attached hydrogen (secondary N) is 1. The van der Waals surface area contributed by atoms with Gasteiger partial charge in [-0.25, -0.2) is 0 Å². The van der Waals surface area contributed by atoms with E-state index < -0.39 is 6.04 Å². The Balaban J connectivity index is 1.64. The molecule has 2 aromatic carbocycles. The molecule has 5 heteroatoms. The molecule has 36 heavy (non-hydrogen) atoms. The van der Waals surface area contributed by atoms with Crippen LogP contribution in [0.15, 0.2) is 84.3 Å². The van der Waals surface area contributed by atoms with Crippen LogP contribution in [0, 0.1) is 6.92 Å². The summed E-state index contributed by atoms with van der Waals surface area (Å²) in [5, 5.41) is 3.60. The van der Waals surface area contributed by atoms with Crippen molar-refractivity contribution in [3.8, 4) is 0 Å². The number of amides is 1. The van der Waals surface area contributed by atoms with Crippen LogP contribution in [-0.4, -0.2) is 16.7 Å². The van der Waals surface area contributed by atoms with E-state index in [1.807, 2.05) is 41.3 Å². The zero-order valence-electron chi connectivity index (χ0n) is 21.0. The average Bonchev–Trinajstić information content (AvgIpc) is 3.04. The van der Waals surface area contributed by atoms with Crippen LogP contribution in [0.2, 0.25) is 0 Å². The lowest BCUT2D eigenvalue weighted by Gasteiger charge is -2.35. The van der Waals surface area contributed by atoms with Gasteiger partial charge in [0, 0.05) is 36.5 Å². The number of hydrogen-bond donors (Lipinski definition) is 1. The molecule has 0 spiro atoms. The molecule has 5 nitrogen and oxygen atoms in total. The van der Waals surface area contributed by atoms with E-state index in [-0.39, 0.29) is 17.6 Å². The largest absolute Gasteiger partial charge is 0.357 e. The maximum Gasteiger partial charge on any atom is 0.227 e. The van der Waals surface area contributed by atoms with Gasteiger partial charge in [-0.2, -0.15) is 0 Å². The first-order valence-electron chi connectivity index (χ1n) is 13.0. The SMILES string of the molecule is CCCCCC(=O)N1c2ccccc2NC2=C(C(=O)C[C@@H](c3ccc(C)cc3)C2)[C@@H]1c1cccnc1. The van der Waals surface area contributed by atoms with Crippen molar-refractivity contribution in [2.24, 2.45) is 0 Å². The smallest absolute Gasteiger partial charge is 0.227 e. The fraction of sp³-hybridized carbons (Fsp3) is 0.323. The molecule has 5 rings (SSSR count). The molecule has 1 N–H and O–H groups in total. The molecule has 0 radical (unpaired) electrons. The Labute approximate surface area is 213 Å². The Morgan fingerprint density at radius 3 is 2.56 bits per heavy atom. The van der Waals surface area contributed by atoms with Gasteiger partial charge in [0.15, 0.2) is 5.78 Å². The van der Waals surface area contributed by atoms with Crippen LogP contribution in [0.3, 0.4) is 0 Å². The van der Waals surface area contributed by atoms with Crippen LogP contribution in [0.25, 0.3) is 0 Å². The van der Waals surface area contributed by atoms with Crippen molar-refractivity contribution in [2.75, 3.05) is 10.2 Å². The van der Waals surface area contributed by atoms with Crippen LogP contribution < -0.4 is 10.2 Å². The number of pyridine rings is 1. The fourth-order valence-electron chi connectivity index (χ4n) is 5.44. The Bertz CT molecular complexity index is 1280. The van der Waals surface area contributed by atoms with Crippen molar-refractivity contribution in [2.45, 2.75) is 64.3 Å². The van der Waals surface area contributed by atoms with Crippen LogP contribution >= 0.6 is 0 Å². The number of unbranched alkanes of at least 4 members (excludes halogenated alkanes) is 2. The standard InChI is InChI=1S/C31H33N3O2/c1-3-4-5-12-29(36)34-27-11-7-6-10-25(27)33-26-18-24(22-15-13-21(2)14-16-22)19-28(35)30(26)31(34)23-9-8-17-32-20-23/h6-11,13-17,20,24,31,33H,3-5,12,18-19H2,1-2H3/t24-,31-/m0/s1. The van der Waals surface area contributed by atoms with Gasteiger partial charge in [0.1, 0.15) is 0 Å². The number of aryl methyl sites for hydroxylation is 1. The molecule has 0 saturated heterocycles. The number of hydrogen-bond acceptors (Lipinski definition) is 4. The number of para-hydroxylation sites is 2. The number of fused-ring (bicyclic) bond motifs is 1. The molecule has 0 saturated carbocycles. The molecular formula is C31H33N3O2. The minimum atomic E-state index is -0.509. The number of rotatable bonds is 6. The van der Waals surface area contributed by atoms with Gasteiger partial charge in [-0.05, 0) is 55.0 Å². The highest BCUT2D eigenvalue weighted by atomic mass is 16.2. The number of allylic oxidation sites excluding steroid dienone is 1. The zero-order valence-corrected chi connectivity index (χ0v) is 21.0. The van der Waals surface area contributed by atoms with Crippen molar-refractivity contribution in [1.29, 1.82) is 0 Å². The van der Waals surface area contributed by atoms with Crippen LogP contribution in [-0.2, 0) is 9.59 Å². The van der Waals surface area contributed by atoms with Gasteiger partial charge in [0.2, 0.25) is 5.91 Å². The summed E-state index contributed by atoms with van der Waals surface area (Å²) in [6, 6.07) is 19.7. The predicted molar refractivity (Wildman–Crippen MR) is 144 cm³/mol. The van der Waals surface area contributed by atoms with Crippen molar-refractivity contribution >= 4 is 23.1 Å². The van der Waals surface area contributed by atoms with Gasteiger partial charge in [-0.3, -0.25) is 19.5 Å². The average molecular weight is 480 g/mol. The molecular weight excluding hydrogens is 446 g/mol. The van der Waals surface area contributed by atoms with Gasteiger partial charge >= 0.3 is 0 Å². The number of nitrogens with zero attached hydrogens (tertiary/aromatic N) is 2. The van der Waals surface area contributed by atoms with Gasteiger partial charge in [0.05, 0.1) is 17.4 Å². The molecule has 184 valence electrons. The second-order valence-electron chi connectivity index (χ2n) is 9.88. The molecule has 1 aliphatic carbocycles. The Morgan fingerprint density at radius 1 is 1.00 bits per heavy atom. The second kappa shape index (κ2) is 10.5. The van der Waals surface area contributed by atoms with Crippen LogP contribution in [0.4, 0.5) is 11.4 Å². The van der Waals surface area contributed by atoms with E-state index in [1.54, 1.807) is 12.4 Å². The first-order valence-corrected chi connectivity index (χ1v) is 13.0. The third-order valence-electron chi connectivity index (χ3n) is 7.30. The lowest BCUT2D eigenvalue weighted by Crippen LogP contribution is -2.38. The maximum absolute atomic E-state index is 13.9. The van der Waals surface area contributed by atoms with Crippen LogP contribution in [0.1, 0.15) is 74.1 Å². The number of ketones is 1. The lowest BCUT2D eigenvalue weighted by molar-refractivity contribution is -0.119. The summed E-state index contributed by atoms with van der Waals surface area (Å²) in [5.41, 5.74) is 6.49. The van der Waals surface area contributed by atoms with E-state index >= 15 is 0 Å². The molecule has 1 aliphatic heterocycles. The minimum absolute atomic E-state index is 0.0359. The molecule has 2 aliphatic rings. The van der Waals surface area contributed by atoms with Crippen molar-refractivity contribution in [3.63, 3.8) is 0 Å². The number of Topliss-reactive ketones (excluding diaryl/α,β-unsaturated/α-hetero) is 1. The van der Waals surface area contributed by atoms with Gasteiger partial charge in [-0.15, -0.1) is 0 Å². The molecule has 2 heterocycles. The minimum Gasteiger partial charge on any atom is -0.357 e. The second-order valence-corrected chi connectivity index (χ2v) is 9.88. The molecule has 2 atom stereocenters. The van der Waals surface area contributed by atoms with E-state index in [0.29, 0.717) is 24.8 Å². The number of benzene rings is 2. The van der Waals surface area contributed by atoms with Crippen LogP contribution in [0.5, 0.6) is 0 Å². The van der Waals surface area contributed by atoms with Crippen molar-refractivity contribution in [3.05, 3.63) is 101 Å². The zero-order chi connectivity index (χ0) is 25.1. The first kappa shape index (κ1) is 24.0. The van der Waals surface area contributed by atoms with E-state index in [9.17, 15) is 9.59 Å². The summed E-state index contributed by atoms with van der Waals surface area (Å²) in [5.74, 6) is 0.217. The number of anilines is 2. The maximum atomic E-state index is 13.9. The normalized spacial score (nSPS) is 19.3. The summed E-state index contributed by atoms with van der Waals surface area (Å²) in [6.07, 6.45) is 7.98. The van der Waals surface area contributed by atoms with Crippen molar-refractivity contribution < 1.29 is 9.59 Å². The van der Waals surface area contributed by atoms with Gasteiger partial charge in [-0.1, -0.05) is 67.8 Å². The molecule has 1 amide bonds. The molecule has 0 fully saturated rings. The molecule has 0 bridgehead atoms. The molecule has 1 aromatic heterocycles. The fourth-order valence-corrected chi connectivity index (χ4v) is 5.44. The Morgan fingerprint density at radius 2 is 1.81 bits per heavy atom. The van der Waals surface area contributed by atoms with E-state index in [0.717, 1.165) is 41.9 Å². The molecule has 0 unspecified atom stereocenters. The van der Waals surface area contributed by atoms with E-state index in [4.69, 9.17) is 0 Å². The highest BCUT2D eigenvalue weighted by molar-refractivity contribution is 6.06. The number of aromatic nitrogens is 1. The first-order chi connectivity index (χ1) is 17.6. The third kappa shape index (κ3) is 4.70. The third-order valence-corrected chi connectivity index (χ3v) is 7.30. The Hall–Kier alpha value is -3.73. The summed E-state index contributed by atoms with van der Waals surface area (Å²) < 4.78 is 0. The summed E-state index contributed by atoms with van der Waals surface area (Å²) in [7, 11) is 0. The topological polar surface area (TPSA) is 62.3 Å². The number of carbonyl (C=O) groups excluding carboxylic acids is 2. The van der Waals surface area contributed by atoms with Gasteiger partial charge in [0.25, 0.3) is 0 Å². The summed E-state index contributed by atoms with van der Waals surface area (Å²) in [4.78, 5) is 34.0. The lowest BCUT2D eigenvalue weighted by atomic mass is 9.78. The molecule has 3 aromatic rings. The predicted octanol–water partition coefficient (Wildman–Crippen LogP) is 6.87. The van der Waals surface area contributed by atoms with Gasteiger partial charge < -0.3 is 5.32 Å². The van der Waals surface area contributed by atoms with E-state index in [2.05, 4.69) is 48.4 Å². The monoisotopic (exact) mass is 479 g/mol. The summed E-state index contributed by atoms with van der Waals surface area (Å²) >= 11 is 0. The van der Waals surface area contributed by atoms with Crippen molar-refractivity contribution in [1.82, 2.24) is 4.98 Å². The number of carbonyl (C=O) groups is 2. The highest BCUT2D eigenvalue weighted by Crippen LogP contribution is 2.47. The quantitative estimate of drug-likeness (QED) is 0.392. The van der Waals surface area contributed by atoms with E-state index in [1.165, 1.54) is 11.1 Å². The highest BCUT2D eigenvalue weighted by Gasteiger charge is 2.41.